The number of likely N-dealkylation sites (tertiary alicyclic amines) is 1. The molecule has 3 aromatic carbocycles. The zero-order chi connectivity index (χ0) is 29.6. The first-order valence-electron chi connectivity index (χ1n) is 16.1. The zero-order valence-electron chi connectivity index (χ0n) is 25.4. The van der Waals surface area contributed by atoms with Crippen LogP contribution < -0.4 is 0 Å². The molecule has 2 saturated carbocycles. The van der Waals surface area contributed by atoms with Crippen molar-refractivity contribution >= 4 is 12.0 Å². The number of carbonyl (C=O) groups excluding carboxylic acids is 2. The van der Waals surface area contributed by atoms with E-state index in [0.29, 0.717) is 24.4 Å². The molecule has 43 heavy (non-hydrogen) atoms. The molecule has 2 unspecified atom stereocenters. The molecule has 0 N–H and O–H groups in total. The minimum Gasteiger partial charge on any atom is -0.445 e. The van der Waals surface area contributed by atoms with Gasteiger partial charge in [0.25, 0.3) is 5.91 Å². The molecule has 1 aliphatic heterocycles. The largest absolute Gasteiger partial charge is 0.445 e. The van der Waals surface area contributed by atoms with Crippen LogP contribution in [0.1, 0.15) is 65.9 Å². The Hall–Kier alpha value is -3.64. The highest BCUT2D eigenvalue weighted by molar-refractivity contribution is 5.94. The molecular formula is C37H45N3O3. The van der Waals surface area contributed by atoms with Crippen LogP contribution in [-0.4, -0.2) is 72.0 Å². The van der Waals surface area contributed by atoms with Gasteiger partial charge in [-0.3, -0.25) is 4.79 Å². The van der Waals surface area contributed by atoms with E-state index in [1.165, 1.54) is 18.4 Å². The summed E-state index contributed by atoms with van der Waals surface area (Å²) in [4.78, 5) is 33.2. The van der Waals surface area contributed by atoms with E-state index in [0.717, 1.165) is 63.0 Å². The Morgan fingerprint density at radius 1 is 0.791 bits per heavy atom. The smallest absolute Gasteiger partial charge is 0.410 e. The highest BCUT2D eigenvalue weighted by atomic mass is 16.6. The van der Waals surface area contributed by atoms with Gasteiger partial charge in [0.2, 0.25) is 0 Å². The molecule has 6 rings (SSSR count). The quantitative estimate of drug-likeness (QED) is 0.264. The maximum Gasteiger partial charge on any atom is 0.410 e. The number of nitrogens with zero attached hydrogens (tertiary/aromatic N) is 3. The minimum absolute atomic E-state index is 0.105. The van der Waals surface area contributed by atoms with Gasteiger partial charge in [0.1, 0.15) is 6.61 Å². The van der Waals surface area contributed by atoms with E-state index in [1.54, 1.807) is 0 Å². The number of ether oxygens (including phenoxy) is 1. The van der Waals surface area contributed by atoms with E-state index < -0.39 is 0 Å². The molecule has 1 saturated heterocycles. The Morgan fingerprint density at radius 2 is 1.42 bits per heavy atom. The van der Waals surface area contributed by atoms with Crippen LogP contribution in [0.4, 0.5) is 4.79 Å². The Kier molecular flexibility index (Phi) is 9.42. The van der Waals surface area contributed by atoms with Crippen LogP contribution in [0.15, 0.2) is 91.0 Å². The van der Waals surface area contributed by atoms with Crippen molar-refractivity contribution in [3.63, 3.8) is 0 Å². The number of amides is 2. The van der Waals surface area contributed by atoms with Gasteiger partial charge in [0, 0.05) is 50.9 Å². The zero-order valence-corrected chi connectivity index (χ0v) is 25.4. The maximum atomic E-state index is 13.3. The van der Waals surface area contributed by atoms with Crippen LogP contribution in [0, 0.1) is 11.8 Å². The lowest BCUT2D eigenvalue weighted by atomic mass is 9.88. The van der Waals surface area contributed by atoms with Crippen molar-refractivity contribution in [2.75, 3.05) is 33.2 Å². The van der Waals surface area contributed by atoms with Crippen molar-refractivity contribution in [1.82, 2.24) is 14.7 Å². The molecule has 3 aliphatic rings. The van der Waals surface area contributed by atoms with E-state index >= 15 is 0 Å². The molecule has 2 aliphatic carbocycles. The second-order valence-electron chi connectivity index (χ2n) is 12.9. The van der Waals surface area contributed by atoms with Gasteiger partial charge in [0.15, 0.2) is 0 Å². The van der Waals surface area contributed by atoms with Crippen LogP contribution in [-0.2, 0) is 11.3 Å². The summed E-state index contributed by atoms with van der Waals surface area (Å²) < 4.78 is 5.80. The third kappa shape index (κ3) is 7.48. The predicted octanol–water partition coefficient (Wildman–Crippen LogP) is 6.83. The fourth-order valence-electron chi connectivity index (χ4n) is 7.17. The van der Waals surface area contributed by atoms with Crippen LogP contribution in [0.5, 0.6) is 0 Å². The molecule has 0 aromatic heterocycles. The maximum absolute atomic E-state index is 13.3. The van der Waals surface area contributed by atoms with E-state index in [-0.39, 0.29) is 24.1 Å². The summed E-state index contributed by atoms with van der Waals surface area (Å²) in [5, 5.41) is 0. The second-order valence-corrected chi connectivity index (χ2v) is 12.9. The summed E-state index contributed by atoms with van der Waals surface area (Å²) in [6, 6.07) is 30.9. The summed E-state index contributed by atoms with van der Waals surface area (Å²) in [7, 11) is 1.97. The lowest BCUT2D eigenvalue weighted by Gasteiger charge is -2.39. The number of piperidine rings is 1. The van der Waals surface area contributed by atoms with Crippen molar-refractivity contribution in [2.24, 2.45) is 11.8 Å². The van der Waals surface area contributed by atoms with Gasteiger partial charge in [-0.1, -0.05) is 78.9 Å². The molecule has 0 radical (unpaired) electrons. The number of benzene rings is 3. The first kappa shape index (κ1) is 29.4. The Bertz CT molecular complexity index is 1320. The fourth-order valence-corrected chi connectivity index (χ4v) is 7.17. The molecule has 1 heterocycles. The van der Waals surface area contributed by atoms with Crippen LogP contribution in [0.3, 0.4) is 0 Å². The number of hydrogen-bond donors (Lipinski definition) is 0. The summed E-state index contributed by atoms with van der Waals surface area (Å²) >= 11 is 0. The van der Waals surface area contributed by atoms with Gasteiger partial charge in [-0.05, 0) is 79.5 Å². The summed E-state index contributed by atoms with van der Waals surface area (Å²) in [5.74, 6) is 1.64. The third-order valence-corrected chi connectivity index (χ3v) is 9.87. The van der Waals surface area contributed by atoms with E-state index in [1.807, 2.05) is 77.5 Å². The van der Waals surface area contributed by atoms with E-state index in [4.69, 9.17) is 4.74 Å². The summed E-state index contributed by atoms with van der Waals surface area (Å²) in [6.07, 6.45) is 6.22. The van der Waals surface area contributed by atoms with Crippen LogP contribution in [0.2, 0.25) is 0 Å². The molecule has 6 heteroatoms. The number of carbonyl (C=O) groups is 2. The van der Waals surface area contributed by atoms with Crippen LogP contribution >= 0.6 is 0 Å². The molecule has 0 bridgehead atoms. The van der Waals surface area contributed by atoms with Gasteiger partial charge in [-0.15, -0.1) is 0 Å². The highest BCUT2D eigenvalue weighted by Gasteiger charge is 2.40. The highest BCUT2D eigenvalue weighted by Crippen LogP contribution is 2.43. The van der Waals surface area contributed by atoms with Crippen molar-refractivity contribution < 1.29 is 14.3 Å². The van der Waals surface area contributed by atoms with Crippen molar-refractivity contribution in [1.29, 1.82) is 0 Å². The van der Waals surface area contributed by atoms with E-state index in [9.17, 15) is 9.59 Å². The van der Waals surface area contributed by atoms with Gasteiger partial charge >= 0.3 is 6.09 Å². The van der Waals surface area contributed by atoms with Gasteiger partial charge in [-0.25, -0.2) is 4.79 Å². The molecule has 0 spiro atoms. The minimum atomic E-state index is -0.164. The Morgan fingerprint density at radius 3 is 2.07 bits per heavy atom. The third-order valence-electron chi connectivity index (χ3n) is 9.87. The van der Waals surface area contributed by atoms with Crippen LogP contribution in [0.25, 0.3) is 0 Å². The molecule has 3 aromatic rings. The Labute approximate surface area is 256 Å². The van der Waals surface area contributed by atoms with Crippen molar-refractivity contribution in [2.45, 2.75) is 63.1 Å². The lowest BCUT2D eigenvalue weighted by molar-refractivity contribution is 0.0552. The normalized spacial score (nSPS) is 22.7. The SMILES string of the molecule is CN(C(=O)c1ccccc1)C1CC(c2ccccc2)[C@@H](CN2CCC(N(CC3CC3)C(=O)OCc3ccccc3)CC2)C1. The number of hydrogen-bond acceptors (Lipinski definition) is 4. The lowest BCUT2D eigenvalue weighted by Crippen LogP contribution is -2.49. The standard InChI is InChI=1S/C37H45N3O3/c1-38(36(41)31-15-9-4-10-16-31)34-23-32(35(24-34)30-13-7-3-8-14-30)26-39-21-19-33(20-22-39)40(25-28-17-18-28)37(42)43-27-29-11-5-2-6-12-29/h2-16,28,32-35H,17-27H2,1H3/t32-,34?,35?/m1/s1. The van der Waals surface area contributed by atoms with Crippen molar-refractivity contribution in [3.05, 3.63) is 108 Å². The topological polar surface area (TPSA) is 53.1 Å². The molecule has 226 valence electrons. The molecule has 3 fully saturated rings. The first-order valence-corrected chi connectivity index (χ1v) is 16.1. The average Bonchev–Trinajstić information content (AvgIpc) is 3.80. The van der Waals surface area contributed by atoms with Gasteiger partial charge in [-0.2, -0.15) is 0 Å². The number of rotatable bonds is 10. The van der Waals surface area contributed by atoms with E-state index in [2.05, 4.69) is 35.2 Å². The van der Waals surface area contributed by atoms with Gasteiger partial charge < -0.3 is 19.4 Å². The first-order chi connectivity index (χ1) is 21.0. The summed E-state index contributed by atoms with van der Waals surface area (Å²) in [6.45, 7) is 4.14. The fraction of sp³-hybridized carbons (Fsp3) is 0.459. The molecular weight excluding hydrogens is 534 g/mol. The average molecular weight is 580 g/mol. The molecule has 3 atom stereocenters. The summed E-state index contributed by atoms with van der Waals surface area (Å²) in [5.41, 5.74) is 3.16. The van der Waals surface area contributed by atoms with Crippen molar-refractivity contribution in [3.8, 4) is 0 Å². The van der Waals surface area contributed by atoms with Gasteiger partial charge in [0.05, 0.1) is 0 Å². The Balaban J connectivity index is 1.08. The molecule has 2 amide bonds. The molecule has 6 nitrogen and oxygen atoms in total. The monoisotopic (exact) mass is 579 g/mol. The predicted molar refractivity (Wildman–Crippen MR) is 170 cm³/mol. The second kappa shape index (κ2) is 13.8.